The van der Waals surface area contributed by atoms with E-state index in [-0.39, 0.29) is 12.8 Å². The van der Waals surface area contributed by atoms with E-state index in [2.05, 4.69) is 0 Å². The molecule has 0 fully saturated rings. The Hall–Kier alpha value is -3.89. The topological polar surface area (TPSA) is 156 Å². The second-order valence-electron chi connectivity index (χ2n) is 5.04. The van der Waals surface area contributed by atoms with E-state index in [4.69, 9.17) is 4.74 Å². The van der Waals surface area contributed by atoms with Gasteiger partial charge < -0.3 is 4.74 Å². The van der Waals surface area contributed by atoms with Crippen LogP contribution in [0.2, 0.25) is 0 Å². The summed E-state index contributed by atoms with van der Waals surface area (Å²) >= 11 is 0. The van der Waals surface area contributed by atoms with Crippen molar-refractivity contribution in [1.29, 1.82) is 0 Å². The zero-order valence-electron chi connectivity index (χ0n) is 13.1. The van der Waals surface area contributed by atoms with Crippen LogP contribution in [0.15, 0.2) is 42.5 Å². The molecule has 0 unspecified atom stereocenters. The minimum Gasteiger partial charge on any atom is -0.412 e. The quantitative estimate of drug-likeness (QED) is 0.315. The molecular formula is C15H11N3O8. The molecule has 134 valence electrons. The number of aryl methyl sites for hydroxylation is 1. The van der Waals surface area contributed by atoms with E-state index < -0.39 is 43.6 Å². The van der Waals surface area contributed by atoms with E-state index >= 15 is 0 Å². The van der Waals surface area contributed by atoms with Gasteiger partial charge >= 0.3 is 17.3 Å². The first-order chi connectivity index (χ1) is 12.3. The summed E-state index contributed by atoms with van der Waals surface area (Å²) in [7, 11) is 0. The maximum atomic E-state index is 12.0. The summed E-state index contributed by atoms with van der Waals surface area (Å²) in [5.74, 6) is -1.86. The smallest absolute Gasteiger partial charge is 0.325 e. The number of esters is 1. The lowest BCUT2D eigenvalue weighted by Gasteiger charge is -2.06. The molecule has 0 spiro atoms. The van der Waals surface area contributed by atoms with Crippen LogP contribution in [0.5, 0.6) is 5.75 Å². The minimum absolute atomic E-state index is 0.185. The number of rotatable bonds is 7. The number of hydrogen-bond donors (Lipinski definition) is 0. The highest BCUT2D eigenvalue weighted by molar-refractivity contribution is 5.77. The molecule has 0 heterocycles. The molecule has 2 rings (SSSR count). The van der Waals surface area contributed by atoms with Crippen LogP contribution in [0.25, 0.3) is 0 Å². The molecule has 11 heteroatoms. The maximum Gasteiger partial charge on any atom is 0.325 e. The number of nitro groups is 3. The van der Waals surface area contributed by atoms with Gasteiger partial charge in [0.05, 0.1) is 26.9 Å². The molecule has 2 aromatic rings. The third-order valence-electron chi connectivity index (χ3n) is 3.32. The molecule has 0 bridgehead atoms. The number of nitrogens with zero attached hydrogens (tertiary/aromatic N) is 3. The zero-order chi connectivity index (χ0) is 19.3. The van der Waals surface area contributed by atoms with E-state index in [1.54, 1.807) is 30.3 Å². The van der Waals surface area contributed by atoms with Crippen molar-refractivity contribution in [1.82, 2.24) is 0 Å². The van der Waals surface area contributed by atoms with Crippen LogP contribution in [0, 0.1) is 30.3 Å². The van der Waals surface area contributed by atoms with Crippen molar-refractivity contribution in [3.63, 3.8) is 0 Å². The van der Waals surface area contributed by atoms with Gasteiger partial charge in [-0.25, -0.2) is 0 Å². The van der Waals surface area contributed by atoms with Gasteiger partial charge in [-0.2, -0.15) is 0 Å². The third kappa shape index (κ3) is 4.35. The molecule has 2 aromatic carbocycles. The molecule has 26 heavy (non-hydrogen) atoms. The third-order valence-corrected chi connectivity index (χ3v) is 3.32. The molecule has 0 aliphatic heterocycles. The van der Waals surface area contributed by atoms with Crippen LogP contribution < -0.4 is 4.74 Å². The van der Waals surface area contributed by atoms with Crippen molar-refractivity contribution in [3.8, 4) is 5.75 Å². The van der Waals surface area contributed by atoms with Crippen molar-refractivity contribution in [3.05, 3.63) is 78.4 Å². The molecule has 0 radical (unpaired) electrons. The first kappa shape index (κ1) is 18.4. The Morgan fingerprint density at radius 1 is 0.885 bits per heavy atom. The number of hydrogen-bond acceptors (Lipinski definition) is 8. The Kier molecular flexibility index (Phi) is 5.53. The predicted molar refractivity (Wildman–Crippen MR) is 86.8 cm³/mol. The lowest BCUT2D eigenvalue weighted by molar-refractivity contribution is -0.404. The zero-order valence-corrected chi connectivity index (χ0v) is 13.1. The van der Waals surface area contributed by atoms with E-state index in [9.17, 15) is 35.1 Å². The second kappa shape index (κ2) is 7.79. The Morgan fingerprint density at radius 3 is 1.88 bits per heavy atom. The van der Waals surface area contributed by atoms with E-state index in [1.807, 2.05) is 0 Å². The molecule has 11 nitrogen and oxygen atoms in total. The highest BCUT2D eigenvalue weighted by Crippen LogP contribution is 2.40. The highest BCUT2D eigenvalue weighted by atomic mass is 16.6. The van der Waals surface area contributed by atoms with Crippen LogP contribution in [-0.2, 0) is 11.2 Å². The van der Waals surface area contributed by atoms with Crippen molar-refractivity contribution >= 4 is 23.0 Å². The monoisotopic (exact) mass is 361 g/mol. The summed E-state index contributed by atoms with van der Waals surface area (Å²) in [5.41, 5.74) is -2.11. The number of carbonyl (C=O) groups excluding carboxylic acids is 1. The van der Waals surface area contributed by atoms with Gasteiger partial charge in [-0.3, -0.25) is 35.1 Å². The summed E-state index contributed by atoms with van der Waals surface area (Å²) in [6.07, 6.45) is 0.0730. The number of nitro benzene ring substituents is 3. The molecular weight excluding hydrogens is 350 g/mol. The van der Waals surface area contributed by atoms with Crippen LogP contribution in [0.3, 0.4) is 0 Å². The molecule has 0 saturated carbocycles. The molecule has 0 amide bonds. The maximum absolute atomic E-state index is 12.0. The summed E-state index contributed by atoms with van der Waals surface area (Å²) in [4.78, 5) is 41.8. The first-order valence-electron chi connectivity index (χ1n) is 7.15. The minimum atomic E-state index is -1.08. The van der Waals surface area contributed by atoms with Crippen molar-refractivity contribution in [2.75, 3.05) is 0 Å². The lowest BCUT2D eigenvalue weighted by atomic mass is 10.1. The fourth-order valence-corrected chi connectivity index (χ4v) is 2.12. The summed E-state index contributed by atoms with van der Waals surface area (Å²) < 4.78 is 4.81. The Balaban J connectivity index is 2.31. The average Bonchev–Trinajstić information content (AvgIpc) is 2.60. The Bertz CT molecular complexity index is 847. The van der Waals surface area contributed by atoms with E-state index in [0.717, 1.165) is 5.56 Å². The molecule has 0 aliphatic carbocycles. The normalized spacial score (nSPS) is 10.2. The molecule has 0 atom stereocenters. The Morgan fingerprint density at radius 2 is 1.42 bits per heavy atom. The molecule has 0 aliphatic rings. The Labute approximate surface area is 145 Å². The van der Waals surface area contributed by atoms with Gasteiger partial charge in [0.1, 0.15) is 0 Å². The van der Waals surface area contributed by atoms with Gasteiger partial charge in [0.15, 0.2) is 0 Å². The second-order valence-corrected chi connectivity index (χ2v) is 5.04. The molecule has 0 saturated heterocycles. The van der Waals surface area contributed by atoms with Crippen molar-refractivity contribution in [2.45, 2.75) is 12.8 Å². The summed E-state index contributed by atoms with van der Waals surface area (Å²) in [6.45, 7) is 0. The SMILES string of the molecule is O=C(CCc1ccccc1)Oc1c([N+](=O)[O-])cc([N+](=O)[O-])cc1[N+](=O)[O-]. The standard InChI is InChI=1S/C15H11N3O8/c19-14(7-6-10-4-2-1-3-5-10)26-15-12(17(22)23)8-11(16(20)21)9-13(15)18(24)25/h1-5,8-9H,6-7H2. The molecule has 0 aromatic heterocycles. The van der Waals surface area contributed by atoms with E-state index in [1.165, 1.54) is 0 Å². The van der Waals surface area contributed by atoms with Gasteiger partial charge in [0.2, 0.25) is 0 Å². The van der Waals surface area contributed by atoms with Crippen LogP contribution in [0.1, 0.15) is 12.0 Å². The highest BCUT2D eigenvalue weighted by Gasteiger charge is 2.33. The van der Waals surface area contributed by atoms with Crippen LogP contribution in [0.4, 0.5) is 17.1 Å². The number of benzene rings is 2. The van der Waals surface area contributed by atoms with Crippen molar-refractivity contribution < 1.29 is 24.3 Å². The average molecular weight is 361 g/mol. The largest absolute Gasteiger partial charge is 0.412 e. The number of non-ortho nitro benzene ring substituents is 1. The molecule has 0 N–H and O–H groups in total. The first-order valence-corrected chi connectivity index (χ1v) is 7.15. The van der Waals surface area contributed by atoms with Crippen molar-refractivity contribution in [2.24, 2.45) is 0 Å². The summed E-state index contributed by atoms with van der Waals surface area (Å²) in [6, 6.07) is 9.82. The van der Waals surface area contributed by atoms with E-state index in [0.29, 0.717) is 12.1 Å². The van der Waals surface area contributed by atoms with Gasteiger partial charge in [-0.05, 0) is 12.0 Å². The van der Waals surface area contributed by atoms with Gasteiger partial charge in [-0.1, -0.05) is 30.3 Å². The lowest BCUT2D eigenvalue weighted by Crippen LogP contribution is -2.12. The fourth-order valence-electron chi connectivity index (χ4n) is 2.12. The predicted octanol–water partition coefficient (Wildman–Crippen LogP) is 2.95. The van der Waals surface area contributed by atoms with Gasteiger partial charge in [-0.15, -0.1) is 0 Å². The summed E-state index contributed by atoms with van der Waals surface area (Å²) in [5, 5.41) is 33.0. The van der Waals surface area contributed by atoms with Crippen LogP contribution >= 0.6 is 0 Å². The van der Waals surface area contributed by atoms with Gasteiger partial charge in [0.25, 0.3) is 11.4 Å². The van der Waals surface area contributed by atoms with Gasteiger partial charge in [0, 0.05) is 6.42 Å². The number of ether oxygens (including phenoxy) is 1. The number of carbonyl (C=O) groups is 1. The fraction of sp³-hybridized carbons (Fsp3) is 0.133. The van der Waals surface area contributed by atoms with Crippen LogP contribution in [-0.4, -0.2) is 20.7 Å².